The highest BCUT2D eigenvalue weighted by Crippen LogP contribution is 2.40. The number of ether oxygens (including phenoxy) is 1. The summed E-state index contributed by atoms with van der Waals surface area (Å²) >= 11 is 4.09. The minimum absolute atomic E-state index is 0.102. The summed E-state index contributed by atoms with van der Waals surface area (Å²) in [6.07, 6.45) is 2.84. The van der Waals surface area contributed by atoms with E-state index < -0.39 is 0 Å². The first-order chi connectivity index (χ1) is 9.63. The molecule has 2 aliphatic rings. The standard InChI is InChI=1S/C16H23NOS2/c1-10-11(2)20-15(9-19-10)16(17)12-4-3-5-14(8-12)18-13-6-7-13/h3-5,8,10-11,13,15-16H,6-7,9,17H2,1-2H3. The molecule has 110 valence electrons. The highest BCUT2D eigenvalue weighted by molar-refractivity contribution is 8.07. The van der Waals surface area contributed by atoms with Gasteiger partial charge in [0.2, 0.25) is 0 Å². The molecule has 1 saturated carbocycles. The monoisotopic (exact) mass is 309 g/mol. The van der Waals surface area contributed by atoms with E-state index in [2.05, 4.69) is 43.8 Å². The maximum absolute atomic E-state index is 6.50. The highest BCUT2D eigenvalue weighted by atomic mass is 32.2. The van der Waals surface area contributed by atoms with Crippen molar-refractivity contribution in [2.75, 3.05) is 5.75 Å². The maximum atomic E-state index is 6.50. The smallest absolute Gasteiger partial charge is 0.120 e. The van der Waals surface area contributed by atoms with Crippen LogP contribution in [0.15, 0.2) is 24.3 Å². The first-order valence-electron chi connectivity index (χ1n) is 7.43. The first-order valence-corrected chi connectivity index (χ1v) is 9.42. The molecule has 0 amide bonds. The first kappa shape index (κ1) is 14.6. The third-order valence-electron chi connectivity index (χ3n) is 4.04. The Morgan fingerprint density at radius 2 is 2.05 bits per heavy atom. The van der Waals surface area contributed by atoms with E-state index in [1.165, 1.54) is 18.4 Å². The van der Waals surface area contributed by atoms with Gasteiger partial charge in [-0.25, -0.2) is 0 Å². The fraction of sp³-hybridized carbons (Fsp3) is 0.625. The minimum Gasteiger partial charge on any atom is -0.490 e. The van der Waals surface area contributed by atoms with Crippen LogP contribution in [0.5, 0.6) is 5.75 Å². The molecule has 4 unspecified atom stereocenters. The quantitative estimate of drug-likeness (QED) is 0.916. The Morgan fingerprint density at radius 1 is 1.25 bits per heavy atom. The number of hydrogen-bond acceptors (Lipinski definition) is 4. The lowest BCUT2D eigenvalue weighted by Gasteiger charge is -2.34. The second kappa shape index (κ2) is 6.20. The van der Waals surface area contributed by atoms with Crippen molar-refractivity contribution in [3.8, 4) is 5.75 Å². The second-order valence-electron chi connectivity index (χ2n) is 5.83. The molecule has 1 aliphatic carbocycles. The van der Waals surface area contributed by atoms with Crippen molar-refractivity contribution in [1.29, 1.82) is 0 Å². The van der Waals surface area contributed by atoms with Crippen molar-refractivity contribution in [2.45, 2.75) is 54.6 Å². The molecule has 1 aromatic carbocycles. The molecule has 0 radical (unpaired) electrons. The van der Waals surface area contributed by atoms with Gasteiger partial charge < -0.3 is 10.5 Å². The summed E-state index contributed by atoms with van der Waals surface area (Å²) in [5.74, 6) is 2.13. The van der Waals surface area contributed by atoms with Gasteiger partial charge in [0.15, 0.2) is 0 Å². The fourth-order valence-corrected chi connectivity index (χ4v) is 5.43. The lowest BCUT2D eigenvalue weighted by molar-refractivity contribution is 0.302. The summed E-state index contributed by atoms with van der Waals surface area (Å²) in [6, 6.07) is 8.49. The summed E-state index contributed by atoms with van der Waals surface area (Å²) in [4.78, 5) is 0. The Kier molecular flexibility index (Phi) is 4.53. The van der Waals surface area contributed by atoms with Gasteiger partial charge in [0, 0.05) is 27.5 Å². The predicted octanol–water partition coefficient (Wildman–Crippen LogP) is 3.85. The molecule has 0 bridgehead atoms. The van der Waals surface area contributed by atoms with Crippen molar-refractivity contribution in [3.05, 3.63) is 29.8 Å². The van der Waals surface area contributed by atoms with E-state index in [4.69, 9.17) is 10.5 Å². The summed E-state index contributed by atoms with van der Waals surface area (Å²) < 4.78 is 5.87. The van der Waals surface area contributed by atoms with Crippen LogP contribution >= 0.6 is 23.5 Å². The molecule has 1 heterocycles. The lowest BCUT2D eigenvalue weighted by Crippen LogP contribution is -2.34. The SMILES string of the molecule is CC1SCC(C(N)c2cccc(OC3CC3)c2)SC1C. The zero-order chi connectivity index (χ0) is 14.1. The molecule has 2 fully saturated rings. The Bertz CT molecular complexity index is 464. The number of thioether (sulfide) groups is 2. The number of benzene rings is 1. The second-order valence-corrected chi connectivity index (χ2v) is 8.87. The van der Waals surface area contributed by atoms with Crippen LogP contribution in [0, 0.1) is 0 Å². The average Bonchev–Trinajstić information content (AvgIpc) is 3.25. The maximum Gasteiger partial charge on any atom is 0.120 e. The molecule has 4 atom stereocenters. The normalized spacial score (nSPS) is 31.9. The van der Waals surface area contributed by atoms with Crippen molar-refractivity contribution >= 4 is 23.5 Å². The molecule has 1 saturated heterocycles. The zero-order valence-electron chi connectivity index (χ0n) is 12.1. The largest absolute Gasteiger partial charge is 0.490 e. The summed E-state index contributed by atoms with van der Waals surface area (Å²) in [6.45, 7) is 4.63. The Hall–Kier alpha value is -0.320. The van der Waals surface area contributed by atoms with E-state index in [0.717, 1.165) is 16.8 Å². The van der Waals surface area contributed by atoms with Crippen LogP contribution in [0.3, 0.4) is 0 Å². The van der Waals surface area contributed by atoms with Gasteiger partial charge in [0.1, 0.15) is 5.75 Å². The topological polar surface area (TPSA) is 35.2 Å². The van der Waals surface area contributed by atoms with Gasteiger partial charge >= 0.3 is 0 Å². The third-order valence-corrected chi connectivity index (χ3v) is 7.56. The fourth-order valence-electron chi connectivity index (χ4n) is 2.38. The number of hydrogen-bond donors (Lipinski definition) is 1. The van der Waals surface area contributed by atoms with E-state index >= 15 is 0 Å². The highest BCUT2D eigenvalue weighted by Gasteiger charge is 2.30. The minimum atomic E-state index is 0.102. The Labute approximate surface area is 130 Å². The van der Waals surface area contributed by atoms with Crippen molar-refractivity contribution in [3.63, 3.8) is 0 Å². The van der Waals surface area contributed by atoms with E-state index in [9.17, 15) is 0 Å². The van der Waals surface area contributed by atoms with Gasteiger partial charge in [-0.3, -0.25) is 0 Å². The van der Waals surface area contributed by atoms with E-state index in [1.807, 2.05) is 17.8 Å². The van der Waals surface area contributed by atoms with Gasteiger partial charge in [-0.15, -0.1) is 0 Å². The molecule has 1 aromatic rings. The Balaban J connectivity index is 1.67. The van der Waals surface area contributed by atoms with Crippen molar-refractivity contribution in [1.82, 2.24) is 0 Å². The van der Waals surface area contributed by atoms with Gasteiger partial charge in [-0.1, -0.05) is 26.0 Å². The molecule has 2 nitrogen and oxygen atoms in total. The molecule has 4 heteroatoms. The number of rotatable bonds is 4. The van der Waals surface area contributed by atoms with Gasteiger partial charge in [0.05, 0.1) is 6.10 Å². The van der Waals surface area contributed by atoms with E-state index in [0.29, 0.717) is 16.6 Å². The molecule has 2 N–H and O–H groups in total. The summed E-state index contributed by atoms with van der Waals surface area (Å²) in [5, 5.41) is 1.91. The van der Waals surface area contributed by atoms with Crippen LogP contribution < -0.4 is 10.5 Å². The van der Waals surface area contributed by atoms with Crippen LogP contribution in [-0.2, 0) is 0 Å². The van der Waals surface area contributed by atoms with Crippen LogP contribution in [0.1, 0.15) is 38.3 Å². The molecule has 3 rings (SSSR count). The van der Waals surface area contributed by atoms with Crippen molar-refractivity contribution < 1.29 is 4.74 Å². The summed E-state index contributed by atoms with van der Waals surface area (Å²) in [5.41, 5.74) is 7.71. The molecule has 0 spiro atoms. The van der Waals surface area contributed by atoms with E-state index in [-0.39, 0.29) is 6.04 Å². The lowest BCUT2D eigenvalue weighted by atomic mass is 10.0. The Morgan fingerprint density at radius 3 is 2.75 bits per heavy atom. The summed E-state index contributed by atoms with van der Waals surface area (Å²) in [7, 11) is 0. The van der Waals surface area contributed by atoms with E-state index in [1.54, 1.807) is 0 Å². The van der Waals surface area contributed by atoms with Crippen LogP contribution in [-0.4, -0.2) is 27.6 Å². The zero-order valence-corrected chi connectivity index (χ0v) is 13.8. The van der Waals surface area contributed by atoms with Crippen LogP contribution in [0.4, 0.5) is 0 Å². The predicted molar refractivity (Wildman–Crippen MR) is 89.8 cm³/mol. The molecular weight excluding hydrogens is 286 g/mol. The van der Waals surface area contributed by atoms with Gasteiger partial charge in [-0.05, 0) is 30.5 Å². The number of nitrogens with two attached hydrogens (primary N) is 1. The van der Waals surface area contributed by atoms with Gasteiger partial charge in [-0.2, -0.15) is 23.5 Å². The molecule has 1 aliphatic heterocycles. The molecule has 0 aromatic heterocycles. The average molecular weight is 310 g/mol. The third kappa shape index (κ3) is 3.46. The molecule has 20 heavy (non-hydrogen) atoms. The van der Waals surface area contributed by atoms with Crippen molar-refractivity contribution in [2.24, 2.45) is 5.73 Å². The van der Waals surface area contributed by atoms with Crippen LogP contribution in [0.25, 0.3) is 0 Å². The van der Waals surface area contributed by atoms with Crippen LogP contribution in [0.2, 0.25) is 0 Å². The molecular formula is C16H23NOS2. The van der Waals surface area contributed by atoms with Gasteiger partial charge in [0.25, 0.3) is 0 Å².